The van der Waals surface area contributed by atoms with E-state index in [9.17, 15) is 4.39 Å². The number of rotatable bonds is 6. The number of ether oxygens (including phenoxy) is 1. The van der Waals surface area contributed by atoms with E-state index < -0.39 is 0 Å². The van der Waals surface area contributed by atoms with E-state index >= 15 is 0 Å². The molecule has 5 nitrogen and oxygen atoms in total. The third-order valence-corrected chi connectivity index (χ3v) is 4.76. The summed E-state index contributed by atoms with van der Waals surface area (Å²) in [5, 5.41) is 8.59. The van der Waals surface area contributed by atoms with Crippen LogP contribution >= 0.6 is 0 Å². The molecule has 0 bridgehead atoms. The summed E-state index contributed by atoms with van der Waals surface area (Å²) in [7, 11) is 0. The van der Waals surface area contributed by atoms with Gasteiger partial charge >= 0.3 is 0 Å². The fourth-order valence-electron chi connectivity index (χ4n) is 3.45. The van der Waals surface area contributed by atoms with Crippen molar-refractivity contribution in [1.29, 1.82) is 0 Å². The highest BCUT2D eigenvalue weighted by atomic mass is 19.1. The normalized spacial score (nSPS) is 20.6. The number of halogens is 1. The number of nitrogens with zero attached hydrogens (tertiary/aromatic N) is 2. The first kappa shape index (κ1) is 16.3. The summed E-state index contributed by atoms with van der Waals surface area (Å²) < 4.78 is 26.8. The zero-order chi connectivity index (χ0) is 17.2. The number of furan rings is 1. The molecule has 1 N–H and O–H groups in total. The zero-order valence-electron chi connectivity index (χ0n) is 14.2. The Kier molecular flexibility index (Phi) is 4.55. The maximum atomic E-state index is 13.3. The predicted molar refractivity (Wildman–Crippen MR) is 92.6 cm³/mol. The highest BCUT2D eigenvalue weighted by molar-refractivity contribution is 5.77. The lowest BCUT2D eigenvalue weighted by molar-refractivity contribution is 0.0902. The lowest BCUT2D eigenvalue weighted by atomic mass is 9.97. The number of nitrogens with one attached hydrogen (secondary N) is 1. The van der Waals surface area contributed by atoms with Gasteiger partial charge in [0.15, 0.2) is 0 Å². The molecule has 6 heteroatoms. The molecule has 0 spiro atoms. The van der Waals surface area contributed by atoms with Gasteiger partial charge < -0.3 is 14.5 Å². The van der Waals surface area contributed by atoms with Crippen molar-refractivity contribution >= 4 is 11.0 Å². The van der Waals surface area contributed by atoms with Crippen LogP contribution in [-0.2, 0) is 17.8 Å². The summed E-state index contributed by atoms with van der Waals surface area (Å²) in [6, 6.07) is 6.47. The molecule has 3 heterocycles. The van der Waals surface area contributed by atoms with Crippen molar-refractivity contribution in [3.63, 3.8) is 0 Å². The topological polar surface area (TPSA) is 52.2 Å². The molecule has 0 unspecified atom stereocenters. The summed E-state index contributed by atoms with van der Waals surface area (Å²) >= 11 is 0. The number of hydrogen-bond acceptors (Lipinski definition) is 4. The van der Waals surface area contributed by atoms with Crippen molar-refractivity contribution in [2.45, 2.75) is 32.5 Å². The molecule has 0 saturated carbocycles. The Balaban J connectivity index is 1.36. The number of aryl methyl sites for hydroxylation is 1. The monoisotopic (exact) mass is 343 g/mol. The van der Waals surface area contributed by atoms with Gasteiger partial charge in [0.05, 0.1) is 18.8 Å². The maximum Gasteiger partial charge on any atom is 0.134 e. The van der Waals surface area contributed by atoms with Crippen molar-refractivity contribution in [3.05, 3.63) is 53.8 Å². The Morgan fingerprint density at radius 1 is 1.36 bits per heavy atom. The van der Waals surface area contributed by atoms with Gasteiger partial charge in [-0.1, -0.05) is 0 Å². The Bertz CT molecular complexity index is 857. The van der Waals surface area contributed by atoms with Gasteiger partial charge in [0.25, 0.3) is 0 Å². The molecule has 0 amide bonds. The first-order chi connectivity index (χ1) is 12.2. The van der Waals surface area contributed by atoms with Crippen molar-refractivity contribution in [2.75, 3.05) is 13.2 Å². The summed E-state index contributed by atoms with van der Waals surface area (Å²) in [4.78, 5) is 0. The number of benzene rings is 1. The van der Waals surface area contributed by atoms with Crippen molar-refractivity contribution < 1.29 is 13.5 Å². The summed E-state index contributed by atoms with van der Waals surface area (Å²) in [5.41, 5.74) is 1.86. The van der Waals surface area contributed by atoms with Crippen molar-refractivity contribution in [2.24, 2.45) is 5.92 Å². The lowest BCUT2D eigenvalue weighted by Gasteiger charge is -2.17. The van der Waals surface area contributed by atoms with Gasteiger partial charge in [-0.15, -0.1) is 0 Å². The number of aromatic nitrogens is 2. The second-order valence-electron chi connectivity index (χ2n) is 6.50. The summed E-state index contributed by atoms with van der Waals surface area (Å²) in [6.07, 6.45) is 5.09. The van der Waals surface area contributed by atoms with E-state index in [0.717, 1.165) is 42.8 Å². The minimum atomic E-state index is -0.244. The van der Waals surface area contributed by atoms with Gasteiger partial charge in [-0.2, -0.15) is 5.10 Å². The Morgan fingerprint density at radius 3 is 3.12 bits per heavy atom. The van der Waals surface area contributed by atoms with Crippen LogP contribution in [0.15, 0.2) is 41.1 Å². The Hall–Kier alpha value is -2.18. The predicted octanol–water partition coefficient (Wildman–Crippen LogP) is 3.66. The SMILES string of the molecule is CCn1cc([C@@H]2OCC[C@@H]2CNCc2cc3cc(F)ccc3o2)cn1. The van der Waals surface area contributed by atoms with Gasteiger partial charge in [-0.3, -0.25) is 4.68 Å². The molecule has 1 aromatic carbocycles. The highest BCUT2D eigenvalue weighted by Crippen LogP contribution is 2.34. The third kappa shape index (κ3) is 3.45. The van der Waals surface area contributed by atoms with E-state index in [1.165, 1.54) is 12.1 Å². The number of fused-ring (bicyclic) bond motifs is 1. The van der Waals surface area contributed by atoms with E-state index in [1.54, 1.807) is 6.07 Å². The van der Waals surface area contributed by atoms with Gasteiger partial charge in [0, 0.05) is 42.8 Å². The minimum absolute atomic E-state index is 0.0950. The van der Waals surface area contributed by atoms with Crippen LogP contribution in [0.5, 0.6) is 0 Å². The minimum Gasteiger partial charge on any atom is -0.460 e. The van der Waals surface area contributed by atoms with E-state index in [-0.39, 0.29) is 11.9 Å². The van der Waals surface area contributed by atoms with E-state index in [4.69, 9.17) is 9.15 Å². The lowest BCUT2D eigenvalue weighted by Crippen LogP contribution is -2.24. The fourth-order valence-corrected chi connectivity index (χ4v) is 3.45. The van der Waals surface area contributed by atoms with Crippen LogP contribution < -0.4 is 5.32 Å². The molecule has 1 aliphatic heterocycles. The average Bonchev–Trinajstić information content (AvgIpc) is 3.32. The van der Waals surface area contributed by atoms with Crippen LogP contribution in [0.4, 0.5) is 4.39 Å². The van der Waals surface area contributed by atoms with Gasteiger partial charge in [-0.25, -0.2) is 4.39 Å². The smallest absolute Gasteiger partial charge is 0.134 e. The molecule has 0 radical (unpaired) electrons. The van der Waals surface area contributed by atoms with Crippen LogP contribution in [0.25, 0.3) is 11.0 Å². The van der Waals surface area contributed by atoms with Gasteiger partial charge in [0.2, 0.25) is 0 Å². The van der Waals surface area contributed by atoms with Crippen LogP contribution in [-0.4, -0.2) is 22.9 Å². The molecular formula is C19H22FN3O2. The molecule has 1 saturated heterocycles. The van der Waals surface area contributed by atoms with E-state index in [2.05, 4.69) is 23.5 Å². The quantitative estimate of drug-likeness (QED) is 0.742. The van der Waals surface area contributed by atoms with E-state index in [1.807, 2.05) is 16.9 Å². The van der Waals surface area contributed by atoms with Crippen molar-refractivity contribution in [1.82, 2.24) is 15.1 Å². The van der Waals surface area contributed by atoms with Crippen LogP contribution in [0.3, 0.4) is 0 Å². The molecule has 1 fully saturated rings. The Morgan fingerprint density at radius 2 is 2.28 bits per heavy atom. The second-order valence-corrected chi connectivity index (χ2v) is 6.50. The Labute approximate surface area is 145 Å². The van der Waals surface area contributed by atoms with Crippen LogP contribution in [0, 0.1) is 11.7 Å². The van der Waals surface area contributed by atoms with Gasteiger partial charge in [-0.05, 0) is 37.6 Å². The molecule has 2 atom stereocenters. The molecule has 2 aromatic heterocycles. The first-order valence-electron chi connectivity index (χ1n) is 8.75. The zero-order valence-corrected chi connectivity index (χ0v) is 14.2. The average molecular weight is 343 g/mol. The standard InChI is InChI=1S/C19H22FN3O2/c1-2-23-12-15(10-22-23)19-13(5-6-24-19)9-21-11-17-8-14-7-16(20)3-4-18(14)25-17/h3-4,7-8,10,12-13,19,21H,2,5-6,9,11H2,1H3/t13-,19-/m1/s1. The molecule has 132 valence electrons. The largest absolute Gasteiger partial charge is 0.460 e. The van der Waals surface area contributed by atoms with Crippen LogP contribution in [0.1, 0.15) is 30.8 Å². The highest BCUT2D eigenvalue weighted by Gasteiger charge is 2.30. The van der Waals surface area contributed by atoms with Crippen molar-refractivity contribution in [3.8, 4) is 0 Å². The summed E-state index contributed by atoms with van der Waals surface area (Å²) in [6.45, 7) is 5.17. The molecule has 0 aliphatic carbocycles. The molecule has 3 aromatic rings. The van der Waals surface area contributed by atoms with E-state index in [0.29, 0.717) is 18.0 Å². The molecule has 25 heavy (non-hydrogen) atoms. The second kappa shape index (κ2) is 6.98. The van der Waals surface area contributed by atoms with Gasteiger partial charge in [0.1, 0.15) is 17.2 Å². The number of hydrogen-bond donors (Lipinski definition) is 1. The molecular weight excluding hydrogens is 321 g/mol. The fraction of sp³-hybridized carbons (Fsp3) is 0.421. The van der Waals surface area contributed by atoms with Crippen LogP contribution in [0.2, 0.25) is 0 Å². The third-order valence-electron chi connectivity index (χ3n) is 4.76. The molecule has 4 rings (SSSR count). The first-order valence-corrected chi connectivity index (χ1v) is 8.75. The summed E-state index contributed by atoms with van der Waals surface area (Å²) in [5.74, 6) is 0.984. The maximum absolute atomic E-state index is 13.3. The molecule has 1 aliphatic rings.